The van der Waals surface area contributed by atoms with Crippen molar-refractivity contribution in [3.63, 3.8) is 0 Å². The Morgan fingerprint density at radius 3 is 2.78 bits per heavy atom. The van der Waals surface area contributed by atoms with Crippen LogP contribution in [0.25, 0.3) is 0 Å². The number of nitrogens with zero attached hydrogens (tertiary/aromatic N) is 2. The van der Waals surface area contributed by atoms with Gasteiger partial charge in [-0.2, -0.15) is 5.26 Å². The van der Waals surface area contributed by atoms with Gasteiger partial charge in [0, 0.05) is 12.3 Å². The summed E-state index contributed by atoms with van der Waals surface area (Å²) in [5.74, 6) is -0.847. The second kappa shape index (κ2) is 8.01. The molecule has 0 spiro atoms. The zero-order valence-electron chi connectivity index (χ0n) is 14.9. The summed E-state index contributed by atoms with van der Waals surface area (Å²) in [5, 5.41) is 30.0. The molecule has 0 bridgehead atoms. The maximum absolute atomic E-state index is 12.0. The van der Waals surface area contributed by atoms with E-state index in [1.165, 1.54) is 0 Å². The van der Waals surface area contributed by atoms with Gasteiger partial charge in [-0.05, 0) is 5.92 Å². The minimum absolute atomic E-state index is 0.129. The molecular weight excluding hydrogens is 360 g/mol. The van der Waals surface area contributed by atoms with E-state index < -0.39 is 53.9 Å². The number of rotatable bonds is 6. The number of hydrogen-bond donors (Lipinski definition) is 4. The molecule has 6 atom stereocenters. The molecule has 3 unspecified atom stereocenters. The van der Waals surface area contributed by atoms with Gasteiger partial charge in [0.25, 0.3) is 11.3 Å². The zero-order chi connectivity index (χ0) is 20.4. The average molecular weight is 382 g/mol. The highest BCUT2D eigenvalue weighted by Gasteiger charge is 2.57. The van der Waals surface area contributed by atoms with Crippen LogP contribution >= 0.6 is 0 Å². The Hall–Kier alpha value is -2.52. The molecule has 2 rings (SSSR count). The van der Waals surface area contributed by atoms with E-state index in [0.29, 0.717) is 11.0 Å². The van der Waals surface area contributed by atoms with Crippen molar-refractivity contribution in [3.05, 3.63) is 33.1 Å². The number of carbonyl (C=O) groups is 1. The number of aromatic nitrogens is 2. The quantitative estimate of drug-likeness (QED) is 0.395. The number of H-pyrrole nitrogens is 1. The fourth-order valence-corrected chi connectivity index (χ4v) is 2.71. The van der Waals surface area contributed by atoms with Crippen LogP contribution in [0.4, 0.5) is 0 Å². The Morgan fingerprint density at radius 1 is 1.56 bits per heavy atom. The number of nitrogens with one attached hydrogen (secondary N) is 1. The molecule has 1 aromatic heterocycles. The van der Waals surface area contributed by atoms with Crippen LogP contribution in [-0.4, -0.2) is 56.7 Å². The number of aromatic amines is 1. The summed E-state index contributed by atoms with van der Waals surface area (Å²) < 4.78 is 11.1. The van der Waals surface area contributed by atoms with Gasteiger partial charge in [-0.25, -0.2) is 4.79 Å². The van der Waals surface area contributed by atoms with Crippen molar-refractivity contribution in [1.29, 1.82) is 5.26 Å². The predicted octanol–water partition coefficient (Wildman–Crippen LogP) is -2.25. The van der Waals surface area contributed by atoms with E-state index in [0.717, 1.165) is 12.3 Å². The average Bonchev–Trinajstić information content (AvgIpc) is 2.90. The standard InChI is InChI=1S/C16H22N4O7/c1-3-8(2)11(18)14(24)26-6-9-12(22)13(23)16(7-17,27-9)20-5-4-10(21)19-15(20)25/h4-5,8-9,11-13,22-23H,3,6,18H2,1-2H3,(H,19,21,25)/t8?,9-,11+,12?,13?,16-/m1/s1. The number of aliphatic hydroxyl groups is 2. The van der Waals surface area contributed by atoms with Crippen molar-refractivity contribution in [2.24, 2.45) is 11.7 Å². The number of aliphatic hydroxyl groups excluding tert-OH is 2. The van der Waals surface area contributed by atoms with Crippen molar-refractivity contribution >= 4 is 5.97 Å². The SMILES string of the molecule is CCC(C)[C@H](N)C(=O)OC[C@H]1O[C@@](C#N)(n2ccc(=O)[nH]c2=O)C(O)C1O. The maximum atomic E-state index is 12.0. The number of ether oxygens (including phenoxy) is 2. The van der Waals surface area contributed by atoms with Crippen LogP contribution < -0.4 is 17.0 Å². The molecule has 5 N–H and O–H groups in total. The van der Waals surface area contributed by atoms with Gasteiger partial charge in [0.2, 0.25) is 0 Å². The molecule has 0 aromatic carbocycles. The lowest BCUT2D eigenvalue weighted by atomic mass is 10.0. The number of esters is 1. The normalized spacial score (nSPS) is 29.7. The van der Waals surface area contributed by atoms with Crippen LogP contribution in [0.3, 0.4) is 0 Å². The number of nitriles is 1. The first kappa shape index (κ1) is 20.8. The second-order valence-electron chi connectivity index (χ2n) is 6.42. The third-order valence-corrected chi connectivity index (χ3v) is 4.70. The second-order valence-corrected chi connectivity index (χ2v) is 6.42. The Balaban J connectivity index is 2.21. The van der Waals surface area contributed by atoms with Gasteiger partial charge in [-0.15, -0.1) is 0 Å². The molecule has 11 nitrogen and oxygen atoms in total. The van der Waals surface area contributed by atoms with Gasteiger partial charge in [-0.1, -0.05) is 20.3 Å². The molecule has 27 heavy (non-hydrogen) atoms. The van der Waals surface area contributed by atoms with E-state index >= 15 is 0 Å². The number of hydrogen-bond acceptors (Lipinski definition) is 9. The minimum atomic E-state index is -2.30. The van der Waals surface area contributed by atoms with Gasteiger partial charge in [-0.3, -0.25) is 19.1 Å². The van der Waals surface area contributed by atoms with E-state index in [2.05, 4.69) is 0 Å². The molecular formula is C16H22N4O7. The van der Waals surface area contributed by atoms with Gasteiger partial charge < -0.3 is 25.4 Å². The van der Waals surface area contributed by atoms with E-state index in [-0.39, 0.29) is 5.92 Å². The van der Waals surface area contributed by atoms with Gasteiger partial charge in [0.15, 0.2) is 0 Å². The maximum Gasteiger partial charge on any atom is 0.331 e. The molecule has 1 saturated heterocycles. The molecule has 0 saturated carbocycles. The smallest absolute Gasteiger partial charge is 0.331 e. The Morgan fingerprint density at radius 2 is 2.22 bits per heavy atom. The van der Waals surface area contributed by atoms with E-state index in [9.17, 15) is 29.9 Å². The Kier molecular flexibility index (Phi) is 6.17. The third kappa shape index (κ3) is 3.79. The molecule has 148 valence electrons. The summed E-state index contributed by atoms with van der Waals surface area (Å²) >= 11 is 0. The zero-order valence-corrected chi connectivity index (χ0v) is 14.9. The predicted molar refractivity (Wildman–Crippen MR) is 90.2 cm³/mol. The summed E-state index contributed by atoms with van der Waals surface area (Å²) in [5.41, 5.74) is 1.75. The van der Waals surface area contributed by atoms with E-state index in [1.54, 1.807) is 13.0 Å². The fourth-order valence-electron chi connectivity index (χ4n) is 2.71. The summed E-state index contributed by atoms with van der Waals surface area (Å²) in [7, 11) is 0. The Bertz CT molecular complexity index is 844. The van der Waals surface area contributed by atoms with Crippen LogP contribution in [0.1, 0.15) is 20.3 Å². The summed E-state index contributed by atoms with van der Waals surface area (Å²) in [6, 6.07) is 1.73. The van der Waals surface area contributed by atoms with E-state index in [4.69, 9.17) is 15.2 Å². The van der Waals surface area contributed by atoms with Crippen molar-refractivity contribution in [2.45, 2.75) is 50.3 Å². The minimum Gasteiger partial charge on any atom is -0.462 e. The molecule has 0 amide bonds. The molecule has 1 fully saturated rings. The summed E-state index contributed by atoms with van der Waals surface area (Å²) in [4.78, 5) is 37.1. The molecule has 1 aliphatic rings. The molecule has 11 heteroatoms. The van der Waals surface area contributed by atoms with Crippen LogP contribution in [0.2, 0.25) is 0 Å². The first-order chi connectivity index (χ1) is 12.7. The molecule has 0 radical (unpaired) electrons. The summed E-state index contributed by atoms with van der Waals surface area (Å²) in [6.45, 7) is 3.16. The van der Waals surface area contributed by atoms with Crippen LogP contribution in [-0.2, 0) is 20.0 Å². The van der Waals surface area contributed by atoms with E-state index in [1.807, 2.05) is 11.9 Å². The fraction of sp³-hybridized carbons (Fsp3) is 0.625. The Labute approximate surface area is 153 Å². The van der Waals surface area contributed by atoms with Crippen molar-refractivity contribution < 1.29 is 24.5 Å². The number of carbonyl (C=O) groups excluding carboxylic acids is 1. The van der Waals surface area contributed by atoms with Crippen molar-refractivity contribution in [1.82, 2.24) is 9.55 Å². The number of nitrogens with two attached hydrogens (primary N) is 1. The largest absolute Gasteiger partial charge is 0.462 e. The van der Waals surface area contributed by atoms with Crippen molar-refractivity contribution in [3.8, 4) is 6.07 Å². The van der Waals surface area contributed by atoms with Gasteiger partial charge in [0.1, 0.15) is 37.0 Å². The highest BCUT2D eigenvalue weighted by Crippen LogP contribution is 2.34. The lowest BCUT2D eigenvalue weighted by Gasteiger charge is -2.26. The topological polar surface area (TPSA) is 181 Å². The van der Waals surface area contributed by atoms with Gasteiger partial charge >= 0.3 is 11.7 Å². The highest BCUT2D eigenvalue weighted by molar-refractivity contribution is 5.75. The van der Waals surface area contributed by atoms with Crippen LogP contribution in [0.15, 0.2) is 21.9 Å². The van der Waals surface area contributed by atoms with Crippen LogP contribution in [0, 0.1) is 17.2 Å². The first-order valence-electron chi connectivity index (χ1n) is 8.37. The summed E-state index contributed by atoms with van der Waals surface area (Å²) in [6.07, 6.45) is -3.13. The van der Waals surface area contributed by atoms with Crippen molar-refractivity contribution in [2.75, 3.05) is 6.61 Å². The molecule has 1 aliphatic heterocycles. The molecule has 2 heterocycles. The highest BCUT2D eigenvalue weighted by atomic mass is 16.6. The third-order valence-electron chi connectivity index (χ3n) is 4.70. The van der Waals surface area contributed by atoms with Gasteiger partial charge in [0.05, 0.1) is 0 Å². The first-order valence-corrected chi connectivity index (χ1v) is 8.37. The lowest BCUT2D eigenvalue weighted by molar-refractivity contribution is -0.156. The molecule has 1 aromatic rings. The monoisotopic (exact) mass is 382 g/mol. The lowest BCUT2D eigenvalue weighted by Crippen LogP contribution is -2.50. The molecule has 0 aliphatic carbocycles. The van der Waals surface area contributed by atoms with Crippen LogP contribution in [0.5, 0.6) is 0 Å².